The highest BCUT2D eigenvalue weighted by atomic mass is 28.3. The number of aromatic nitrogens is 4. The number of carbonyl (C=O) groups is 1. The number of H-pyrrole nitrogens is 2. The molecule has 2 aromatic rings. The highest BCUT2D eigenvalue weighted by Gasteiger charge is 2.45. The second-order valence-electron chi connectivity index (χ2n) is 15.5. The van der Waals surface area contributed by atoms with E-state index in [-0.39, 0.29) is 12.1 Å². The standard InChI is InChI=1S/C35H48N6O2Si/c1-21-15-28(36-17-21)29-18-37-32(39-29)23-9-7-22(8-10-23)24-11-13-26-25(16-24)12-14-27-31(26)40-33(38-27)30-19-44(5,6)20-41(30)34(42)43-35(2,3)4/h7,9,16,18,21,28,30,36H,8,10-15,17,19-20H2,1-6H3,(H,37,39)(H,38,40). The van der Waals surface area contributed by atoms with E-state index >= 15 is 0 Å². The summed E-state index contributed by atoms with van der Waals surface area (Å²) in [5.41, 5.74) is 10.1. The summed E-state index contributed by atoms with van der Waals surface area (Å²) in [4.78, 5) is 32.4. The van der Waals surface area contributed by atoms with Crippen LogP contribution in [0.5, 0.6) is 0 Å². The van der Waals surface area contributed by atoms with Gasteiger partial charge in [0.1, 0.15) is 17.2 Å². The van der Waals surface area contributed by atoms with Gasteiger partial charge in [0.2, 0.25) is 0 Å². The Morgan fingerprint density at radius 2 is 1.80 bits per heavy atom. The fourth-order valence-corrected chi connectivity index (χ4v) is 10.6. The molecule has 0 saturated carbocycles. The average Bonchev–Trinajstić information content (AvgIpc) is 3.77. The highest BCUT2D eigenvalue weighted by molar-refractivity contribution is 6.78. The van der Waals surface area contributed by atoms with E-state index in [0.717, 1.165) is 74.6 Å². The molecule has 2 fully saturated rings. The number of rotatable bonds is 4. The van der Waals surface area contributed by atoms with E-state index < -0.39 is 13.7 Å². The van der Waals surface area contributed by atoms with Gasteiger partial charge >= 0.3 is 6.09 Å². The van der Waals surface area contributed by atoms with Crippen molar-refractivity contribution in [2.75, 3.05) is 12.7 Å². The van der Waals surface area contributed by atoms with Gasteiger partial charge in [0, 0.05) is 17.9 Å². The molecular formula is C35H48N6O2Si. The zero-order valence-electron chi connectivity index (χ0n) is 27.3. The quantitative estimate of drug-likeness (QED) is 0.310. The number of hydrogen-bond donors (Lipinski definition) is 3. The first-order valence-corrected chi connectivity index (χ1v) is 20.0. The molecule has 9 heteroatoms. The van der Waals surface area contributed by atoms with E-state index in [1.54, 1.807) is 0 Å². The Balaban J connectivity index is 1.09. The third-order valence-electron chi connectivity index (χ3n) is 9.96. The van der Waals surface area contributed by atoms with E-state index in [9.17, 15) is 4.79 Å². The molecule has 3 aliphatic carbocycles. The van der Waals surface area contributed by atoms with Crippen molar-refractivity contribution in [3.8, 4) is 0 Å². The summed E-state index contributed by atoms with van der Waals surface area (Å²) in [6, 6.07) is 1.37. The van der Waals surface area contributed by atoms with Crippen LogP contribution in [-0.2, 0) is 11.2 Å². The number of hydrogen-bond acceptors (Lipinski definition) is 5. The largest absolute Gasteiger partial charge is 0.444 e. The molecule has 2 aliphatic heterocycles. The van der Waals surface area contributed by atoms with Gasteiger partial charge in [-0.3, -0.25) is 0 Å². The van der Waals surface area contributed by atoms with Crippen molar-refractivity contribution in [2.45, 2.75) is 109 Å². The second-order valence-corrected chi connectivity index (χ2v) is 20.5. The zero-order valence-corrected chi connectivity index (χ0v) is 28.3. The van der Waals surface area contributed by atoms with Crippen molar-refractivity contribution in [1.29, 1.82) is 0 Å². The highest BCUT2D eigenvalue weighted by Crippen LogP contribution is 2.44. The second kappa shape index (κ2) is 11.0. The lowest BCUT2D eigenvalue weighted by molar-refractivity contribution is 0.0229. The number of aryl methyl sites for hydroxylation is 1. The number of carbonyl (C=O) groups excluding carboxylic acids is 1. The Bertz CT molecular complexity index is 1600. The Kier molecular flexibility index (Phi) is 7.39. The van der Waals surface area contributed by atoms with Crippen molar-refractivity contribution in [3.05, 3.63) is 69.9 Å². The SMILES string of the molecule is CC1CNC(c2cnc(C3=CC=C(C4=CC5=C(CC4)c4nc(C6C[Si](C)(C)CN6C(=O)OC(C)(C)C)[nH]c4CC5)CC3)[nH]2)C1. The minimum absolute atomic E-state index is 0.0348. The number of nitrogens with one attached hydrogen (secondary N) is 3. The van der Waals surface area contributed by atoms with Crippen LogP contribution in [0, 0.1) is 5.92 Å². The van der Waals surface area contributed by atoms with E-state index in [0.29, 0.717) is 12.0 Å². The van der Waals surface area contributed by atoms with Gasteiger partial charge in [0.05, 0.1) is 31.7 Å². The van der Waals surface area contributed by atoms with E-state index in [1.165, 1.54) is 45.7 Å². The lowest BCUT2D eigenvalue weighted by Crippen LogP contribution is -2.39. The number of aromatic amines is 2. The van der Waals surface area contributed by atoms with Crippen LogP contribution in [0.3, 0.4) is 0 Å². The predicted octanol–water partition coefficient (Wildman–Crippen LogP) is 7.57. The van der Waals surface area contributed by atoms with Gasteiger partial charge in [-0.1, -0.05) is 38.2 Å². The predicted molar refractivity (Wildman–Crippen MR) is 178 cm³/mol. The maximum Gasteiger partial charge on any atom is 0.410 e. The molecular weight excluding hydrogens is 565 g/mol. The summed E-state index contributed by atoms with van der Waals surface area (Å²) >= 11 is 0. The monoisotopic (exact) mass is 612 g/mol. The normalized spacial score (nSPS) is 26.6. The summed E-state index contributed by atoms with van der Waals surface area (Å²) in [7, 11) is -1.57. The summed E-state index contributed by atoms with van der Waals surface area (Å²) in [5, 5.41) is 3.61. The van der Waals surface area contributed by atoms with Crippen molar-refractivity contribution in [1.82, 2.24) is 30.2 Å². The maximum atomic E-state index is 13.2. The molecule has 0 aromatic carbocycles. The van der Waals surface area contributed by atoms with Crippen LogP contribution >= 0.6 is 0 Å². The van der Waals surface area contributed by atoms with Crippen LogP contribution < -0.4 is 5.32 Å². The van der Waals surface area contributed by atoms with Crippen LogP contribution in [0.4, 0.5) is 4.79 Å². The number of nitrogens with zero attached hydrogens (tertiary/aromatic N) is 3. The Labute approximate surface area is 262 Å². The van der Waals surface area contributed by atoms with E-state index in [2.05, 4.69) is 53.5 Å². The van der Waals surface area contributed by atoms with E-state index in [1.807, 2.05) is 31.9 Å². The van der Waals surface area contributed by atoms with Gasteiger partial charge in [-0.15, -0.1) is 0 Å². The molecule has 0 radical (unpaired) electrons. The number of amides is 1. The Morgan fingerprint density at radius 3 is 2.52 bits per heavy atom. The average molecular weight is 613 g/mol. The van der Waals surface area contributed by atoms with Gasteiger partial charge in [0.15, 0.2) is 0 Å². The topological polar surface area (TPSA) is 98.9 Å². The molecule has 3 atom stereocenters. The number of imidazole rings is 2. The van der Waals surface area contributed by atoms with Gasteiger partial charge in [-0.25, -0.2) is 14.8 Å². The van der Waals surface area contributed by atoms with Crippen LogP contribution in [0.25, 0.3) is 11.1 Å². The lowest BCUT2D eigenvalue weighted by Gasteiger charge is -2.28. The molecule has 8 nitrogen and oxygen atoms in total. The van der Waals surface area contributed by atoms with Crippen molar-refractivity contribution >= 4 is 25.3 Å². The van der Waals surface area contributed by atoms with Gasteiger partial charge in [-0.2, -0.15) is 0 Å². The Hall–Kier alpha value is -3.17. The third-order valence-corrected chi connectivity index (χ3v) is 12.6. The van der Waals surface area contributed by atoms with Crippen LogP contribution in [-0.4, -0.2) is 57.3 Å². The number of ether oxygens (including phenoxy) is 1. The van der Waals surface area contributed by atoms with Crippen LogP contribution in [0.15, 0.2) is 41.1 Å². The minimum Gasteiger partial charge on any atom is -0.444 e. The minimum atomic E-state index is -1.57. The first kappa shape index (κ1) is 29.5. The molecule has 4 heterocycles. The first-order valence-electron chi connectivity index (χ1n) is 16.6. The van der Waals surface area contributed by atoms with E-state index in [4.69, 9.17) is 14.7 Å². The van der Waals surface area contributed by atoms with Crippen molar-refractivity contribution in [2.24, 2.45) is 5.92 Å². The van der Waals surface area contributed by atoms with Crippen molar-refractivity contribution in [3.63, 3.8) is 0 Å². The molecule has 3 N–H and O–H groups in total. The fraction of sp³-hybridized carbons (Fsp3) is 0.571. The molecule has 2 saturated heterocycles. The van der Waals surface area contributed by atoms with Gasteiger partial charge < -0.3 is 24.9 Å². The van der Waals surface area contributed by atoms with Crippen molar-refractivity contribution < 1.29 is 9.53 Å². The number of allylic oxidation sites excluding steroid dienone is 8. The smallest absolute Gasteiger partial charge is 0.410 e. The van der Waals surface area contributed by atoms with Crippen LogP contribution in [0.2, 0.25) is 19.1 Å². The maximum absolute atomic E-state index is 13.2. The van der Waals surface area contributed by atoms with Crippen LogP contribution in [0.1, 0.15) is 107 Å². The molecule has 0 spiro atoms. The summed E-state index contributed by atoms with van der Waals surface area (Å²) in [5.74, 6) is 2.67. The molecule has 3 unspecified atom stereocenters. The van der Waals surface area contributed by atoms with Gasteiger partial charge in [-0.05, 0) is 112 Å². The molecule has 2 aromatic heterocycles. The molecule has 0 bridgehead atoms. The lowest BCUT2D eigenvalue weighted by atomic mass is 9.80. The molecule has 7 rings (SSSR count). The summed E-state index contributed by atoms with van der Waals surface area (Å²) in [6.45, 7) is 13.9. The molecule has 1 amide bonds. The number of fused-ring (bicyclic) bond motifs is 2. The fourth-order valence-electron chi connectivity index (χ4n) is 7.77. The zero-order chi connectivity index (χ0) is 30.8. The first-order chi connectivity index (χ1) is 20.9. The Morgan fingerprint density at radius 1 is 1.02 bits per heavy atom. The molecule has 44 heavy (non-hydrogen) atoms. The molecule has 234 valence electrons. The summed E-state index contributed by atoms with van der Waals surface area (Å²) < 4.78 is 5.81. The molecule has 5 aliphatic rings. The third kappa shape index (κ3) is 5.81. The van der Waals surface area contributed by atoms with Gasteiger partial charge in [0.25, 0.3) is 0 Å². The summed E-state index contributed by atoms with van der Waals surface area (Å²) in [6.07, 6.45) is 17.0.